The highest BCUT2D eigenvalue weighted by molar-refractivity contribution is 5.65. The molecule has 1 amide bonds. The molecule has 0 aromatic heterocycles. The second kappa shape index (κ2) is 2.91. The predicted octanol–water partition coefficient (Wildman–Crippen LogP) is -0.236. The van der Waals surface area contributed by atoms with E-state index in [-0.39, 0.29) is 12.2 Å². The average Bonchev–Trinajstić information content (AvgIpc) is 2.46. The van der Waals surface area contributed by atoms with Crippen LogP contribution in [0.3, 0.4) is 0 Å². The van der Waals surface area contributed by atoms with E-state index in [9.17, 15) is 4.79 Å². The van der Waals surface area contributed by atoms with Gasteiger partial charge in [0.05, 0.1) is 26.3 Å². The molecule has 0 radical (unpaired) electrons. The van der Waals surface area contributed by atoms with Crippen molar-refractivity contribution in [2.45, 2.75) is 12.2 Å². The van der Waals surface area contributed by atoms with Crippen molar-refractivity contribution in [2.24, 2.45) is 0 Å². The highest BCUT2D eigenvalue weighted by Gasteiger charge is 2.38. The molecule has 2 atom stereocenters. The summed E-state index contributed by atoms with van der Waals surface area (Å²) in [5.74, 6) is 0. The van der Waals surface area contributed by atoms with Crippen molar-refractivity contribution in [1.82, 2.24) is 4.90 Å². The number of hydrogen-bond acceptors (Lipinski definition) is 3. The molecular weight excluding hydrogens is 162 g/mol. The van der Waals surface area contributed by atoms with Gasteiger partial charge in [0.1, 0.15) is 12.2 Å². The number of fused-ring (bicyclic) bond motifs is 1. The van der Waals surface area contributed by atoms with Gasteiger partial charge in [-0.05, 0) is 0 Å². The molecule has 0 aliphatic carbocycles. The Labute approximate surface area is 69.9 Å². The fraction of sp³-hybridized carbons (Fsp3) is 0.857. The van der Waals surface area contributed by atoms with Gasteiger partial charge < -0.3 is 19.5 Å². The summed E-state index contributed by atoms with van der Waals surface area (Å²) < 4.78 is 10.7. The summed E-state index contributed by atoms with van der Waals surface area (Å²) in [6, 6.07) is 0. The number of carbonyl (C=O) groups is 1. The first-order valence-electron chi connectivity index (χ1n) is 3.98. The first-order valence-corrected chi connectivity index (χ1v) is 3.98. The Kier molecular flexibility index (Phi) is 1.90. The Morgan fingerprint density at radius 2 is 1.75 bits per heavy atom. The number of hydrogen-bond donors (Lipinski definition) is 1. The van der Waals surface area contributed by atoms with E-state index in [1.54, 1.807) is 0 Å². The van der Waals surface area contributed by atoms with Gasteiger partial charge in [-0.1, -0.05) is 0 Å². The third-order valence-electron chi connectivity index (χ3n) is 2.23. The van der Waals surface area contributed by atoms with Crippen LogP contribution in [0.5, 0.6) is 0 Å². The van der Waals surface area contributed by atoms with Crippen molar-refractivity contribution >= 4 is 6.09 Å². The van der Waals surface area contributed by atoms with Gasteiger partial charge in [-0.2, -0.15) is 0 Å². The van der Waals surface area contributed by atoms with Crippen LogP contribution in [0, 0.1) is 0 Å². The normalized spacial score (nSPS) is 34.8. The lowest BCUT2D eigenvalue weighted by Crippen LogP contribution is -2.36. The van der Waals surface area contributed by atoms with Crippen LogP contribution in [0.4, 0.5) is 4.79 Å². The minimum atomic E-state index is -0.892. The minimum Gasteiger partial charge on any atom is -0.465 e. The molecule has 68 valence electrons. The average molecular weight is 173 g/mol. The Hall–Kier alpha value is -0.810. The molecule has 0 bridgehead atoms. The maximum atomic E-state index is 10.6. The Morgan fingerprint density at radius 3 is 2.17 bits per heavy atom. The standard InChI is InChI=1S/C7H11NO4/c9-7(10)8-3-5-6(4-8)12-2-1-11-5/h5-6H,1-4H2,(H,9,10)/t5-,6+. The second-order valence-corrected chi connectivity index (χ2v) is 3.01. The zero-order valence-electron chi connectivity index (χ0n) is 6.60. The summed E-state index contributed by atoms with van der Waals surface area (Å²) in [4.78, 5) is 11.9. The maximum absolute atomic E-state index is 10.6. The highest BCUT2D eigenvalue weighted by atomic mass is 16.6. The van der Waals surface area contributed by atoms with Gasteiger partial charge in [-0.25, -0.2) is 4.79 Å². The molecule has 5 heteroatoms. The van der Waals surface area contributed by atoms with Gasteiger partial charge in [0.25, 0.3) is 0 Å². The van der Waals surface area contributed by atoms with Crippen molar-refractivity contribution in [3.63, 3.8) is 0 Å². The molecule has 2 fully saturated rings. The van der Waals surface area contributed by atoms with Crippen molar-refractivity contribution in [2.75, 3.05) is 26.3 Å². The quantitative estimate of drug-likeness (QED) is 0.549. The van der Waals surface area contributed by atoms with Crippen LogP contribution in [-0.4, -0.2) is 54.6 Å². The van der Waals surface area contributed by atoms with E-state index in [1.165, 1.54) is 4.90 Å². The summed E-state index contributed by atoms with van der Waals surface area (Å²) in [6.45, 7) is 2.04. The van der Waals surface area contributed by atoms with Crippen molar-refractivity contribution in [3.05, 3.63) is 0 Å². The second-order valence-electron chi connectivity index (χ2n) is 3.01. The Balaban J connectivity index is 1.98. The van der Waals surface area contributed by atoms with Crippen LogP contribution in [0.1, 0.15) is 0 Å². The zero-order valence-corrected chi connectivity index (χ0v) is 6.60. The summed E-state index contributed by atoms with van der Waals surface area (Å²) >= 11 is 0. The van der Waals surface area contributed by atoms with Crippen molar-refractivity contribution < 1.29 is 19.4 Å². The Morgan fingerprint density at radius 1 is 1.25 bits per heavy atom. The first-order chi connectivity index (χ1) is 5.77. The largest absolute Gasteiger partial charge is 0.465 e. The van der Waals surface area contributed by atoms with Gasteiger partial charge in [0.15, 0.2) is 0 Å². The topological polar surface area (TPSA) is 59.0 Å². The van der Waals surface area contributed by atoms with Crippen LogP contribution in [0.2, 0.25) is 0 Å². The molecule has 2 rings (SSSR count). The van der Waals surface area contributed by atoms with Crippen molar-refractivity contribution in [3.8, 4) is 0 Å². The lowest BCUT2D eigenvalue weighted by atomic mass is 10.2. The number of likely N-dealkylation sites (tertiary alicyclic amines) is 1. The number of ether oxygens (including phenoxy) is 2. The lowest BCUT2D eigenvalue weighted by molar-refractivity contribution is -0.116. The Bertz CT molecular complexity index is 182. The van der Waals surface area contributed by atoms with E-state index < -0.39 is 6.09 Å². The maximum Gasteiger partial charge on any atom is 0.407 e. The first kappa shape index (κ1) is 7.82. The van der Waals surface area contributed by atoms with Gasteiger partial charge in [0, 0.05) is 0 Å². The van der Waals surface area contributed by atoms with Gasteiger partial charge >= 0.3 is 6.09 Å². The number of nitrogens with zero attached hydrogens (tertiary/aromatic N) is 1. The number of rotatable bonds is 0. The highest BCUT2D eigenvalue weighted by Crippen LogP contribution is 2.19. The van der Waals surface area contributed by atoms with E-state index in [2.05, 4.69) is 0 Å². The summed E-state index contributed by atoms with van der Waals surface area (Å²) in [5, 5.41) is 8.68. The lowest BCUT2D eigenvalue weighted by Gasteiger charge is -2.24. The molecule has 5 nitrogen and oxygen atoms in total. The smallest absolute Gasteiger partial charge is 0.407 e. The molecule has 12 heavy (non-hydrogen) atoms. The molecule has 0 aromatic rings. The molecule has 1 N–H and O–H groups in total. The van der Waals surface area contributed by atoms with E-state index in [1.807, 2.05) is 0 Å². The van der Waals surface area contributed by atoms with E-state index in [0.717, 1.165) is 0 Å². The third kappa shape index (κ3) is 1.25. The molecule has 0 spiro atoms. The van der Waals surface area contributed by atoms with Gasteiger partial charge in [-0.15, -0.1) is 0 Å². The minimum absolute atomic E-state index is 0.0464. The van der Waals surface area contributed by atoms with E-state index >= 15 is 0 Å². The summed E-state index contributed by atoms with van der Waals surface area (Å²) in [7, 11) is 0. The molecular formula is C7H11NO4. The van der Waals surface area contributed by atoms with Crippen LogP contribution < -0.4 is 0 Å². The van der Waals surface area contributed by atoms with Crippen LogP contribution in [-0.2, 0) is 9.47 Å². The monoisotopic (exact) mass is 173 g/mol. The molecule has 2 heterocycles. The zero-order chi connectivity index (χ0) is 8.55. The molecule has 0 aromatic carbocycles. The SMILES string of the molecule is O=C(O)N1C[C@@H]2OCCO[C@@H]2C1. The van der Waals surface area contributed by atoms with Crippen molar-refractivity contribution in [1.29, 1.82) is 0 Å². The van der Waals surface area contributed by atoms with Gasteiger partial charge in [0.2, 0.25) is 0 Å². The molecule has 2 aliphatic heterocycles. The van der Waals surface area contributed by atoms with Gasteiger partial charge in [-0.3, -0.25) is 0 Å². The fourth-order valence-corrected chi connectivity index (χ4v) is 1.62. The summed E-state index contributed by atoms with van der Waals surface area (Å²) in [6.07, 6.45) is -0.985. The fourth-order valence-electron chi connectivity index (χ4n) is 1.62. The molecule has 0 saturated carbocycles. The van der Waals surface area contributed by atoms with E-state index in [4.69, 9.17) is 14.6 Å². The number of amides is 1. The molecule has 2 saturated heterocycles. The van der Waals surface area contributed by atoms with E-state index in [0.29, 0.717) is 26.3 Å². The molecule has 0 unspecified atom stereocenters. The summed E-state index contributed by atoms with van der Waals surface area (Å²) in [5.41, 5.74) is 0. The third-order valence-corrected chi connectivity index (χ3v) is 2.23. The number of carboxylic acid groups (broad SMARTS) is 1. The predicted molar refractivity (Wildman–Crippen MR) is 39.1 cm³/mol. The van der Waals surface area contributed by atoms with Crippen LogP contribution in [0.15, 0.2) is 0 Å². The van der Waals surface area contributed by atoms with Crippen LogP contribution in [0.25, 0.3) is 0 Å². The van der Waals surface area contributed by atoms with Crippen LogP contribution >= 0.6 is 0 Å². The molecule has 2 aliphatic rings.